The molecule has 0 fully saturated rings. The number of aromatic amines is 1. The van der Waals surface area contributed by atoms with E-state index >= 15 is 0 Å². The molecule has 5 nitrogen and oxygen atoms in total. The van der Waals surface area contributed by atoms with Gasteiger partial charge in [-0.2, -0.15) is 9.65 Å². The Labute approximate surface area is 130 Å². The third-order valence-electron chi connectivity index (χ3n) is 3.17. The molecular weight excluding hydrogens is 302 g/mol. The Morgan fingerprint density at radius 3 is 2.83 bits per heavy atom. The van der Waals surface area contributed by atoms with E-state index in [1.165, 1.54) is 12.1 Å². The average Bonchev–Trinajstić information content (AvgIpc) is 3.05. The Hall–Kier alpha value is -3.27. The fourth-order valence-electron chi connectivity index (χ4n) is 2.07. The smallest absolute Gasteiger partial charge is 0.200 e. The highest BCUT2D eigenvalue weighted by atomic mass is 19.2. The molecule has 2 aromatic carbocycles. The third-order valence-corrected chi connectivity index (χ3v) is 3.17. The summed E-state index contributed by atoms with van der Waals surface area (Å²) in [6.07, 6.45) is 0. The van der Waals surface area contributed by atoms with Crippen LogP contribution in [0, 0.1) is 23.0 Å². The molecule has 1 aromatic heterocycles. The fraction of sp³-hybridized carbons (Fsp3) is 0.0625. The topological polar surface area (TPSA) is 74.6 Å². The molecule has 0 aliphatic carbocycles. The molecule has 0 saturated heterocycles. The number of aromatic nitrogens is 3. The molecule has 0 saturated carbocycles. The zero-order valence-corrected chi connectivity index (χ0v) is 11.8. The molecule has 0 radical (unpaired) electrons. The first-order valence-corrected chi connectivity index (χ1v) is 6.66. The lowest BCUT2D eigenvalue weighted by atomic mass is 10.1. The van der Waals surface area contributed by atoms with Crippen molar-refractivity contribution in [2.45, 2.75) is 6.61 Å². The standard InChI is InChI=1S/C16H10F2N4O/c17-12-5-2-6-14(15(12)18)23-9-10-3-1-4-11(7-10)16-13(8-19)20-22-21-16/h1-7H,9H2,(H,20,21,22). The molecule has 0 aliphatic heterocycles. The number of ether oxygens (including phenoxy) is 1. The van der Waals surface area contributed by atoms with Crippen molar-refractivity contribution in [1.29, 1.82) is 5.26 Å². The SMILES string of the molecule is N#Cc1[nH]nnc1-c1cccc(COc2cccc(F)c2F)c1. The number of halogens is 2. The molecule has 0 spiro atoms. The van der Waals surface area contributed by atoms with Crippen LogP contribution in [0.25, 0.3) is 11.3 Å². The van der Waals surface area contributed by atoms with Crippen molar-refractivity contribution >= 4 is 0 Å². The van der Waals surface area contributed by atoms with E-state index in [4.69, 9.17) is 10.00 Å². The van der Waals surface area contributed by atoms with Gasteiger partial charge in [-0.25, -0.2) is 9.49 Å². The average molecular weight is 312 g/mol. The summed E-state index contributed by atoms with van der Waals surface area (Å²) in [5.41, 5.74) is 2.07. The van der Waals surface area contributed by atoms with Crippen LogP contribution < -0.4 is 4.74 Å². The van der Waals surface area contributed by atoms with Gasteiger partial charge in [-0.15, -0.1) is 5.10 Å². The number of nitriles is 1. The molecule has 1 heterocycles. The maximum atomic E-state index is 13.5. The number of benzene rings is 2. The Morgan fingerprint density at radius 1 is 1.17 bits per heavy atom. The van der Waals surface area contributed by atoms with Crippen LogP contribution >= 0.6 is 0 Å². The Morgan fingerprint density at radius 2 is 2.00 bits per heavy atom. The highest BCUT2D eigenvalue weighted by Crippen LogP contribution is 2.23. The zero-order chi connectivity index (χ0) is 16.2. The van der Waals surface area contributed by atoms with Gasteiger partial charge in [0, 0.05) is 5.56 Å². The van der Waals surface area contributed by atoms with E-state index in [1.807, 2.05) is 6.07 Å². The van der Waals surface area contributed by atoms with Gasteiger partial charge in [0.2, 0.25) is 5.82 Å². The lowest BCUT2D eigenvalue weighted by Gasteiger charge is -2.08. The minimum atomic E-state index is -1.02. The molecule has 0 bridgehead atoms. The van der Waals surface area contributed by atoms with Crippen molar-refractivity contribution in [3.05, 3.63) is 65.4 Å². The first-order valence-electron chi connectivity index (χ1n) is 6.66. The Bertz CT molecular complexity index is 886. The lowest BCUT2D eigenvalue weighted by Crippen LogP contribution is -1.99. The van der Waals surface area contributed by atoms with Gasteiger partial charge >= 0.3 is 0 Å². The van der Waals surface area contributed by atoms with Crippen LogP contribution in [0.4, 0.5) is 8.78 Å². The van der Waals surface area contributed by atoms with Crippen molar-refractivity contribution in [2.24, 2.45) is 0 Å². The lowest BCUT2D eigenvalue weighted by molar-refractivity contribution is 0.284. The van der Waals surface area contributed by atoms with Gasteiger partial charge in [-0.05, 0) is 23.8 Å². The van der Waals surface area contributed by atoms with E-state index in [0.717, 1.165) is 11.6 Å². The van der Waals surface area contributed by atoms with Crippen molar-refractivity contribution in [3.63, 3.8) is 0 Å². The van der Waals surface area contributed by atoms with Gasteiger partial charge in [0.15, 0.2) is 17.3 Å². The van der Waals surface area contributed by atoms with E-state index in [0.29, 0.717) is 11.3 Å². The van der Waals surface area contributed by atoms with Crippen LogP contribution in [-0.2, 0) is 6.61 Å². The van der Waals surface area contributed by atoms with Crippen molar-refractivity contribution in [1.82, 2.24) is 15.4 Å². The fourth-order valence-corrected chi connectivity index (χ4v) is 2.07. The van der Waals surface area contributed by atoms with Crippen LogP contribution in [-0.4, -0.2) is 15.4 Å². The summed E-state index contributed by atoms with van der Waals surface area (Å²) in [6.45, 7) is 0.0496. The first kappa shape index (κ1) is 14.7. The van der Waals surface area contributed by atoms with Crippen LogP contribution in [0.5, 0.6) is 5.75 Å². The van der Waals surface area contributed by atoms with E-state index in [2.05, 4.69) is 15.4 Å². The molecule has 23 heavy (non-hydrogen) atoms. The van der Waals surface area contributed by atoms with Gasteiger partial charge in [0.25, 0.3) is 0 Å². The normalized spacial score (nSPS) is 10.3. The van der Waals surface area contributed by atoms with Gasteiger partial charge in [-0.3, -0.25) is 0 Å². The minimum Gasteiger partial charge on any atom is -0.486 e. The summed E-state index contributed by atoms with van der Waals surface area (Å²) in [4.78, 5) is 0. The van der Waals surface area contributed by atoms with E-state index in [1.54, 1.807) is 24.3 Å². The van der Waals surface area contributed by atoms with Crippen LogP contribution in [0.15, 0.2) is 42.5 Å². The maximum absolute atomic E-state index is 13.5. The molecule has 0 unspecified atom stereocenters. The van der Waals surface area contributed by atoms with Gasteiger partial charge in [-0.1, -0.05) is 29.5 Å². The predicted molar refractivity (Wildman–Crippen MR) is 77.2 cm³/mol. The van der Waals surface area contributed by atoms with E-state index in [9.17, 15) is 8.78 Å². The van der Waals surface area contributed by atoms with Crippen LogP contribution in [0.1, 0.15) is 11.3 Å². The summed E-state index contributed by atoms with van der Waals surface area (Å²) in [5, 5.41) is 18.9. The monoisotopic (exact) mass is 312 g/mol. The second-order valence-corrected chi connectivity index (χ2v) is 4.69. The van der Waals surface area contributed by atoms with E-state index in [-0.39, 0.29) is 18.1 Å². The number of nitrogens with one attached hydrogen (secondary N) is 1. The quantitative estimate of drug-likeness (QED) is 0.803. The molecule has 0 atom stereocenters. The zero-order valence-electron chi connectivity index (χ0n) is 11.8. The van der Waals surface area contributed by atoms with E-state index < -0.39 is 11.6 Å². The maximum Gasteiger partial charge on any atom is 0.200 e. The molecule has 7 heteroatoms. The van der Waals surface area contributed by atoms with Crippen molar-refractivity contribution < 1.29 is 13.5 Å². The van der Waals surface area contributed by atoms with Gasteiger partial charge in [0.1, 0.15) is 18.4 Å². The number of nitrogens with zero attached hydrogens (tertiary/aromatic N) is 3. The Kier molecular flexibility index (Phi) is 3.97. The predicted octanol–water partition coefficient (Wildman–Crippen LogP) is 3.20. The van der Waals surface area contributed by atoms with Gasteiger partial charge < -0.3 is 4.74 Å². The second-order valence-electron chi connectivity index (χ2n) is 4.69. The molecule has 0 amide bonds. The molecule has 1 N–H and O–H groups in total. The van der Waals surface area contributed by atoms with Gasteiger partial charge in [0.05, 0.1) is 0 Å². The summed E-state index contributed by atoms with van der Waals surface area (Å²) in [5.74, 6) is -2.14. The molecule has 114 valence electrons. The van der Waals surface area contributed by atoms with Crippen molar-refractivity contribution in [2.75, 3.05) is 0 Å². The van der Waals surface area contributed by atoms with Crippen molar-refractivity contribution in [3.8, 4) is 23.1 Å². The second kappa shape index (κ2) is 6.23. The number of rotatable bonds is 4. The number of H-pyrrole nitrogens is 1. The summed E-state index contributed by atoms with van der Waals surface area (Å²) in [6, 6.07) is 12.8. The van der Waals surface area contributed by atoms with Crippen LogP contribution in [0.3, 0.4) is 0 Å². The highest BCUT2D eigenvalue weighted by Gasteiger charge is 2.11. The molecule has 0 aliphatic rings. The molecule has 3 rings (SSSR count). The molecular formula is C16H10F2N4O. The molecule has 3 aromatic rings. The third kappa shape index (κ3) is 3.01. The number of hydrogen-bond donors (Lipinski definition) is 1. The van der Waals surface area contributed by atoms with Crippen LogP contribution in [0.2, 0.25) is 0 Å². The minimum absolute atomic E-state index is 0.0496. The highest BCUT2D eigenvalue weighted by molar-refractivity contribution is 5.64. The largest absolute Gasteiger partial charge is 0.486 e. The Balaban J connectivity index is 1.81. The first-order chi connectivity index (χ1) is 11.2. The number of hydrogen-bond acceptors (Lipinski definition) is 4. The summed E-state index contributed by atoms with van der Waals surface area (Å²) < 4.78 is 32.0. The summed E-state index contributed by atoms with van der Waals surface area (Å²) >= 11 is 0. The summed E-state index contributed by atoms with van der Waals surface area (Å²) in [7, 11) is 0.